The van der Waals surface area contributed by atoms with Crippen molar-refractivity contribution in [2.75, 3.05) is 12.0 Å². The van der Waals surface area contributed by atoms with Gasteiger partial charge in [-0.3, -0.25) is 0 Å². The van der Waals surface area contributed by atoms with Crippen molar-refractivity contribution in [2.24, 2.45) is 5.92 Å². The van der Waals surface area contributed by atoms with Crippen molar-refractivity contribution in [3.8, 4) is 11.1 Å². The van der Waals surface area contributed by atoms with E-state index in [2.05, 4.69) is 58.7 Å². The summed E-state index contributed by atoms with van der Waals surface area (Å²) in [6.07, 6.45) is 1.75. The molecule has 0 aromatic carbocycles. The number of hydrogen-bond donors (Lipinski definition) is 1. The van der Waals surface area contributed by atoms with Gasteiger partial charge in [0.15, 0.2) is 0 Å². The molecule has 0 fully saturated rings. The van der Waals surface area contributed by atoms with Gasteiger partial charge in [-0.1, -0.05) is 26.0 Å². The fraction of sp³-hybridized carbons (Fsp3) is 0.294. The molecule has 4 heteroatoms. The zero-order valence-corrected chi connectivity index (χ0v) is 12.3. The van der Waals surface area contributed by atoms with E-state index >= 15 is 0 Å². The van der Waals surface area contributed by atoms with Crippen molar-refractivity contribution in [3.05, 3.63) is 42.1 Å². The van der Waals surface area contributed by atoms with E-state index in [1.54, 1.807) is 6.20 Å². The average Bonchev–Trinajstić information content (AvgIpc) is 2.80. The minimum atomic E-state index is 0.631. The highest BCUT2D eigenvalue weighted by atomic mass is 15.5. The van der Waals surface area contributed by atoms with Crippen molar-refractivity contribution < 1.29 is 0 Å². The summed E-state index contributed by atoms with van der Waals surface area (Å²) in [7, 11) is 0. The van der Waals surface area contributed by atoms with Crippen molar-refractivity contribution in [2.45, 2.75) is 20.4 Å². The quantitative estimate of drug-likeness (QED) is 0.778. The van der Waals surface area contributed by atoms with E-state index in [1.165, 1.54) is 22.4 Å². The standard InChI is InChI=1S/C17H18N4/c1-11(2)9-21-10-13-4-3-12-7-8-18-19-17(12)14-5-6-15(20-21)16(13)14/h3-8,11,20H,9-10H2,1-2H3. The SMILES string of the molecule is CC(C)CN1Cc2ccc3ccnnc3c3ccc(c2-3)N1. The largest absolute Gasteiger partial charge is 0.318 e. The predicted octanol–water partition coefficient (Wildman–Crippen LogP) is 3.53. The van der Waals surface area contributed by atoms with Crippen LogP contribution in [0.15, 0.2) is 36.5 Å². The Balaban J connectivity index is 1.89. The maximum atomic E-state index is 4.34. The maximum Gasteiger partial charge on any atom is 0.101 e. The number of hydrogen-bond acceptors (Lipinski definition) is 4. The fourth-order valence-electron chi connectivity index (χ4n) is 3.17. The molecule has 0 bridgehead atoms. The molecule has 0 atom stereocenters. The van der Waals surface area contributed by atoms with Crippen LogP contribution < -0.4 is 5.43 Å². The minimum Gasteiger partial charge on any atom is -0.318 e. The first kappa shape index (κ1) is 12.5. The molecule has 2 aliphatic carbocycles. The number of nitrogens with one attached hydrogen (secondary N) is 1. The Labute approximate surface area is 124 Å². The molecule has 1 aromatic rings. The monoisotopic (exact) mass is 278 g/mol. The number of rotatable bonds is 2. The third-order valence-electron chi connectivity index (χ3n) is 3.97. The van der Waals surface area contributed by atoms with Gasteiger partial charge in [-0.15, -0.1) is 5.10 Å². The summed E-state index contributed by atoms with van der Waals surface area (Å²) in [6.45, 7) is 6.43. The Morgan fingerprint density at radius 3 is 2.95 bits per heavy atom. The van der Waals surface area contributed by atoms with Crippen LogP contribution in [-0.4, -0.2) is 21.8 Å². The molecule has 0 amide bonds. The summed E-state index contributed by atoms with van der Waals surface area (Å²) in [4.78, 5) is 0. The van der Waals surface area contributed by atoms with Crippen LogP contribution in [0, 0.1) is 5.92 Å². The Morgan fingerprint density at radius 2 is 2.10 bits per heavy atom. The lowest BCUT2D eigenvalue weighted by atomic mass is 10.0. The first-order chi connectivity index (χ1) is 10.2. The number of anilines is 1. The first-order valence-electron chi connectivity index (χ1n) is 7.40. The molecule has 0 saturated carbocycles. The Hall–Kier alpha value is -2.20. The normalized spacial score (nSPS) is 14.8. The van der Waals surface area contributed by atoms with Gasteiger partial charge in [-0.25, -0.2) is 5.01 Å². The lowest BCUT2D eigenvalue weighted by molar-refractivity contribution is 0.280. The second kappa shape index (κ2) is 4.67. The molecule has 4 rings (SSSR count). The Kier molecular flexibility index (Phi) is 2.79. The molecule has 106 valence electrons. The lowest BCUT2D eigenvalue weighted by Gasteiger charge is -2.30. The van der Waals surface area contributed by atoms with E-state index in [0.29, 0.717) is 5.92 Å². The Bertz CT molecular complexity index is 781. The second-order valence-corrected chi connectivity index (χ2v) is 6.12. The number of fused-ring (bicyclic) bond motifs is 2. The van der Waals surface area contributed by atoms with E-state index in [-0.39, 0.29) is 0 Å². The van der Waals surface area contributed by atoms with Gasteiger partial charge in [0.2, 0.25) is 0 Å². The van der Waals surface area contributed by atoms with Crippen LogP contribution in [0.1, 0.15) is 19.4 Å². The van der Waals surface area contributed by atoms with Crippen molar-refractivity contribution in [1.82, 2.24) is 15.2 Å². The summed E-state index contributed by atoms with van der Waals surface area (Å²) >= 11 is 0. The third kappa shape index (κ3) is 2.03. The zero-order chi connectivity index (χ0) is 14.4. The van der Waals surface area contributed by atoms with Crippen LogP contribution in [-0.2, 0) is 6.54 Å². The zero-order valence-electron chi connectivity index (χ0n) is 12.3. The van der Waals surface area contributed by atoms with Crippen molar-refractivity contribution in [1.29, 1.82) is 0 Å². The average molecular weight is 278 g/mol. The summed E-state index contributed by atoms with van der Waals surface area (Å²) in [6, 6.07) is 10.7. The summed E-state index contributed by atoms with van der Waals surface area (Å²) in [5.74, 6) is 0.631. The van der Waals surface area contributed by atoms with Gasteiger partial charge in [0.05, 0.1) is 11.9 Å². The molecule has 1 N–H and O–H groups in total. The molecule has 21 heavy (non-hydrogen) atoms. The minimum absolute atomic E-state index is 0.631. The number of aromatic nitrogens is 2. The molecule has 2 heterocycles. The smallest absolute Gasteiger partial charge is 0.101 e. The molecule has 0 radical (unpaired) electrons. The molecular formula is C17H18N4. The van der Waals surface area contributed by atoms with Crippen LogP contribution in [0.25, 0.3) is 22.0 Å². The summed E-state index contributed by atoms with van der Waals surface area (Å²) in [5.41, 5.74) is 9.51. The van der Waals surface area contributed by atoms with Crippen LogP contribution in [0.2, 0.25) is 0 Å². The number of nitrogens with zero attached hydrogens (tertiary/aromatic N) is 3. The second-order valence-electron chi connectivity index (χ2n) is 6.12. The van der Waals surface area contributed by atoms with E-state index in [4.69, 9.17) is 0 Å². The Morgan fingerprint density at radius 1 is 1.19 bits per heavy atom. The van der Waals surface area contributed by atoms with Crippen LogP contribution in [0.5, 0.6) is 0 Å². The molecule has 0 saturated heterocycles. The molecule has 1 aliphatic heterocycles. The topological polar surface area (TPSA) is 41.1 Å². The van der Waals surface area contributed by atoms with Crippen molar-refractivity contribution in [3.63, 3.8) is 0 Å². The molecular weight excluding hydrogens is 260 g/mol. The van der Waals surface area contributed by atoms with Crippen LogP contribution in [0.3, 0.4) is 0 Å². The maximum absolute atomic E-state index is 4.34. The van der Waals surface area contributed by atoms with Crippen LogP contribution >= 0.6 is 0 Å². The highest BCUT2D eigenvalue weighted by Gasteiger charge is 2.24. The molecule has 1 aromatic heterocycles. The highest BCUT2D eigenvalue weighted by Crippen LogP contribution is 2.41. The first-order valence-corrected chi connectivity index (χ1v) is 7.40. The third-order valence-corrected chi connectivity index (χ3v) is 3.97. The van der Waals surface area contributed by atoms with Gasteiger partial charge in [0.25, 0.3) is 0 Å². The molecule has 3 aliphatic rings. The lowest BCUT2D eigenvalue weighted by Crippen LogP contribution is -2.35. The molecule has 4 nitrogen and oxygen atoms in total. The van der Waals surface area contributed by atoms with Gasteiger partial charge in [0, 0.05) is 29.6 Å². The van der Waals surface area contributed by atoms with Gasteiger partial charge in [-0.05, 0) is 29.7 Å². The molecule has 0 unspecified atom stereocenters. The van der Waals surface area contributed by atoms with Gasteiger partial charge in [-0.2, -0.15) is 5.10 Å². The van der Waals surface area contributed by atoms with Crippen LogP contribution in [0.4, 0.5) is 5.69 Å². The fourth-order valence-corrected chi connectivity index (χ4v) is 3.17. The summed E-state index contributed by atoms with van der Waals surface area (Å²) < 4.78 is 0. The van der Waals surface area contributed by atoms with E-state index in [1.807, 2.05) is 6.07 Å². The highest BCUT2D eigenvalue weighted by molar-refractivity contribution is 6.00. The van der Waals surface area contributed by atoms with Crippen molar-refractivity contribution >= 4 is 16.6 Å². The van der Waals surface area contributed by atoms with E-state index in [0.717, 1.165) is 24.0 Å². The predicted molar refractivity (Wildman–Crippen MR) is 85.0 cm³/mol. The molecule has 0 spiro atoms. The van der Waals surface area contributed by atoms with Gasteiger partial charge in [0.1, 0.15) is 5.52 Å². The van der Waals surface area contributed by atoms with E-state index < -0.39 is 0 Å². The van der Waals surface area contributed by atoms with Gasteiger partial charge >= 0.3 is 0 Å². The van der Waals surface area contributed by atoms with E-state index in [9.17, 15) is 0 Å². The summed E-state index contributed by atoms with van der Waals surface area (Å²) in [5, 5.41) is 11.8. The number of hydrazine groups is 1. The van der Waals surface area contributed by atoms with Gasteiger partial charge < -0.3 is 5.43 Å².